The molecule has 0 aliphatic carbocycles. The van der Waals surface area contributed by atoms with Gasteiger partial charge in [-0.2, -0.15) is 0 Å². The molecule has 0 saturated carbocycles. The van der Waals surface area contributed by atoms with Gasteiger partial charge in [0, 0.05) is 13.0 Å². The summed E-state index contributed by atoms with van der Waals surface area (Å²) in [5.74, 6) is 0. The maximum Gasteiger partial charge on any atom is 0.0872 e. The summed E-state index contributed by atoms with van der Waals surface area (Å²) in [6.45, 7) is 7.71. The number of hydrogen-bond donors (Lipinski definition) is 0. The van der Waals surface area contributed by atoms with Gasteiger partial charge in [0.1, 0.15) is 0 Å². The molecule has 0 heterocycles. The topological polar surface area (TPSA) is 9.23 Å². The van der Waals surface area contributed by atoms with Crippen molar-refractivity contribution in [1.29, 1.82) is 0 Å². The van der Waals surface area contributed by atoms with E-state index in [-0.39, 0.29) is 0 Å². The molecule has 1 nitrogen and oxygen atoms in total. The maximum atomic E-state index is 5.27. The molecule has 0 aliphatic heterocycles. The monoisotopic (exact) mass is 129 g/mol. The summed E-state index contributed by atoms with van der Waals surface area (Å²) in [5.41, 5.74) is 0. The van der Waals surface area contributed by atoms with Crippen molar-refractivity contribution >= 4 is 0 Å². The Bertz CT molecular complexity index is 37.8. The first-order chi connectivity index (χ1) is 4.41. The van der Waals surface area contributed by atoms with Gasteiger partial charge in [0.25, 0.3) is 0 Å². The molecular formula is C8H17O+. The van der Waals surface area contributed by atoms with Crippen molar-refractivity contribution in [2.45, 2.75) is 32.6 Å². The van der Waals surface area contributed by atoms with Crippen LogP contribution in [0.4, 0.5) is 0 Å². The third kappa shape index (κ3) is 7.83. The Morgan fingerprint density at radius 2 is 1.89 bits per heavy atom. The fourth-order valence-corrected chi connectivity index (χ4v) is 0.553. The van der Waals surface area contributed by atoms with Crippen molar-refractivity contribution in [3.63, 3.8) is 0 Å². The third-order valence-electron chi connectivity index (χ3n) is 1.18. The molecule has 0 spiro atoms. The molecule has 0 rings (SSSR count). The van der Waals surface area contributed by atoms with Gasteiger partial charge in [-0.25, -0.2) is 0 Å². The predicted molar refractivity (Wildman–Crippen MR) is 40.3 cm³/mol. The first kappa shape index (κ1) is 8.83. The summed E-state index contributed by atoms with van der Waals surface area (Å²) in [4.78, 5) is 0. The summed E-state index contributed by atoms with van der Waals surface area (Å²) >= 11 is 0. The Hall–Kier alpha value is -0.170. The minimum absolute atomic E-state index is 0.892. The maximum absolute atomic E-state index is 5.27. The van der Waals surface area contributed by atoms with Gasteiger partial charge in [0.05, 0.1) is 20.0 Å². The van der Waals surface area contributed by atoms with E-state index in [1.807, 2.05) is 0 Å². The smallest absolute Gasteiger partial charge is 0.0872 e. The van der Waals surface area contributed by atoms with Crippen molar-refractivity contribution in [2.75, 3.05) is 13.2 Å². The highest BCUT2D eigenvalue weighted by Crippen LogP contribution is 1.91. The predicted octanol–water partition coefficient (Wildman–Crippen LogP) is 2.42. The lowest BCUT2D eigenvalue weighted by molar-refractivity contribution is 0.129. The molecule has 54 valence electrons. The second-order valence-electron chi connectivity index (χ2n) is 2.17. The van der Waals surface area contributed by atoms with E-state index in [0.717, 1.165) is 26.1 Å². The molecule has 1 heteroatoms. The third-order valence-corrected chi connectivity index (χ3v) is 1.18. The van der Waals surface area contributed by atoms with Crippen LogP contribution in [0.5, 0.6) is 0 Å². The Kier molecular flexibility index (Phi) is 7.68. The largest absolute Gasteiger partial charge is 0.381 e. The van der Waals surface area contributed by atoms with E-state index in [0.29, 0.717) is 0 Å². The van der Waals surface area contributed by atoms with E-state index in [9.17, 15) is 0 Å². The van der Waals surface area contributed by atoms with Crippen LogP contribution in [-0.2, 0) is 4.74 Å². The summed E-state index contributed by atoms with van der Waals surface area (Å²) < 4.78 is 5.27. The van der Waals surface area contributed by atoms with Crippen molar-refractivity contribution in [3.05, 3.63) is 6.92 Å². The SMILES string of the molecule is [CH2+]CCCOCCCC. The van der Waals surface area contributed by atoms with Crippen molar-refractivity contribution in [3.8, 4) is 0 Å². The zero-order valence-electron chi connectivity index (χ0n) is 6.36. The molecule has 0 fully saturated rings. The normalized spacial score (nSPS) is 9.89. The highest BCUT2D eigenvalue weighted by molar-refractivity contribution is 4.39. The molecule has 0 atom stereocenters. The van der Waals surface area contributed by atoms with Gasteiger partial charge >= 0.3 is 0 Å². The summed E-state index contributed by atoms with van der Waals surface area (Å²) in [7, 11) is 0. The molecule has 0 radical (unpaired) electrons. The van der Waals surface area contributed by atoms with E-state index < -0.39 is 0 Å². The average molecular weight is 129 g/mol. The molecule has 0 aromatic rings. The average Bonchev–Trinajstić information content (AvgIpc) is 1.89. The van der Waals surface area contributed by atoms with Crippen molar-refractivity contribution in [2.24, 2.45) is 0 Å². The highest BCUT2D eigenvalue weighted by Gasteiger charge is 1.86. The van der Waals surface area contributed by atoms with Crippen LogP contribution >= 0.6 is 0 Å². The number of rotatable bonds is 6. The van der Waals surface area contributed by atoms with Gasteiger partial charge < -0.3 is 4.74 Å². The minimum atomic E-state index is 0.892. The lowest BCUT2D eigenvalue weighted by Gasteiger charge is -1.98. The fraction of sp³-hybridized carbons (Fsp3) is 0.875. The lowest BCUT2D eigenvalue weighted by atomic mass is 10.3. The van der Waals surface area contributed by atoms with Gasteiger partial charge in [0.2, 0.25) is 0 Å². The van der Waals surface area contributed by atoms with Crippen LogP contribution in [-0.4, -0.2) is 13.2 Å². The van der Waals surface area contributed by atoms with E-state index in [2.05, 4.69) is 13.8 Å². The minimum Gasteiger partial charge on any atom is -0.381 e. The van der Waals surface area contributed by atoms with Crippen LogP contribution in [0.25, 0.3) is 0 Å². The molecule has 0 unspecified atom stereocenters. The zero-order chi connectivity index (χ0) is 6.95. The van der Waals surface area contributed by atoms with Gasteiger partial charge in [-0.15, -0.1) is 0 Å². The number of hydrogen-bond acceptors (Lipinski definition) is 1. The molecule has 0 bridgehead atoms. The summed E-state index contributed by atoms with van der Waals surface area (Å²) in [6.07, 6.45) is 4.51. The molecule has 0 saturated heterocycles. The quantitative estimate of drug-likeness (QED) is 0.395. The van der Waals surface area contributed by atoms with E-state index in [1.54, 1.807) is 0 Å². The highest BCUT2D eigenvalue weighted by atomic mass is 16.5. The van der Waals surface area contributed by atoms with Crippen LogP contribution in [0.15, 0.2) is 0 Å². The second-order valence-corrected chi connectivity index (χ2v) is 2.17. The van der Waals surface area contributed by atoms with E-state index >= 15 is 0 Å². The molecular weight excluding hydrogens is 112 g/mol. The first-order valence-electron chi connectivity index (χ1n) is 3.78. The van der Waals surface area contributed by atoms with E-state index in [1.165, 1.54) is 12.8 Å². The summed E-state index contributed by atoms with van der Waals surface area (Å²) in [5, 5.41) is 0. The van der Waals surface area contributed by atoms with Crippen molar-refractivity contribution in [1.82, 2.24) is 0 Å². The Balaban J connectivity index is 2.60. The van der Waals surface area contributed by atoms with Gasteiger partial charge in [-0.3, -0.25) is 0 Å². The Labute approximate surface area is 58.4 Å². The number of ether oxygens (including phenoxy) is 1. The van der Waals surface area contributed by atoms with Gasteiger partial charge in [0.15, 0.2) is 0 Å². The van der Waals surface area contributed by atoms with Gasteiger partial charge in [-0.1, -0.05) is 13.3 Å². The first-order valence-corrected chi connectivity index (χ1v) is 3.78. The number of unbranched alkanes of at least 4 members (excludes halogenated alkanes) is 2. The summed E-state index contributed by atoms with van der Waals surface area (Å²) in [6, 6.07) is 0. The zero-order valence-corrected chi connectivity index (χ0v) is 6.36. The molecule has 0 N–H and O–H groups in total. The molecule has 9 heavy (non-hydrogen) atoms. The van der Waals surface area contributed by atoms with Crippen molar-refractivity contribution < 1.29 is 4.74 Å². The lowest BCUT2D eigenvalue weighted by Crippen LogP contribution is -1.95. The van der Waals surface area contributed by atoms with Crippen LogP contribution < -0.4 is 0 Å². The van der Waals surface area contributed by atoms with Crippen LogP contribution in [0.1, 0.15) is 32.6 Å². The van der Waals surface area contributed by atoms with Crippen LogP contribution in [0.3, 0.4) is 0 Å². The molecule has 0 aliphatic rings. The van der Waals surface area contributed by atoms with E-state index in [4.69, 9.17) is 4.74 Å². The Morgan fingerprint density at radius 1 is 1.22 bits per heavy atom. The second kappa shape index (κ2) is 7.83. The molecule has 0 amide bonds. The van der Waals surface area contributed by atoms with Crippen LogP contribution in [0.2, 0.25) is 0 Å². The molecule has 0 aromatic carbocycles. The Morgan fingerprint density at radius 3 is 2.44 bits per heavy atom. The molecule has 0 aromatic heterocycles. The van der Waals surface area contributed by atoms with Crippen LogP contribution in [0, 0.1) is 6.92 Å². The standard InChI is InChI=1S/C8H17O/c1-3-5-7-9-8-6-4-2/h1,3-8H2,2H3/q+1. The van der Waals surface area contributed by atoms with Gasteiger partial charge in [-0.05, 0) is 6.42 Å². The fourth-order valence-electron chi connectivity index (χ4n) is 0.553.